The zero-order valence-corrected chi connectivity index (χ0v) is 12.9. The maximum Gasteiger partial charge on any atom is 0.145 e. The molecule has 1 aliphatic heterocycles. The van der Waals surface area contributed by atoms with Crippen molar-refractivity contribution in [2.45, 2.75) is 26.3 Å². The molecule has 2 atom stereocenters. The number of fused-ring (bicyclic) bond motifs is 1. The smallest absolute Gasteiger partial charge is 0.145 e. The Morgan fingerprint density at radius 3 is 2.95 bits per heavy atom. The molecule has 21 heavy (non-hydrogen) atoms. The third-order valence-corrected chi connectivity index (χ3v) is 5.14. The van der Waals surface area contributed by atoms with Gasteiger partial charge in [-0.05, 0) is 31.9 Å². The lowest BCUT2D eigenvalue weighted by molar-refractivity contribution is 0.584. The Morgan fingerprint density at radius 1 is 1.33 bits per heavy atom. The van der Waals surface area contributed by atoms with Crippen LogP contribution in [-0.2, 0) is 0 Å². The van der Waals surface area contributed by atoms with Gasteiger partial charge in [0.2, 0.25) is 0 Å². The Hall–Kier alpha value is -1.79. The number of thiophene rings is 1. The van der Waals surface area contributed by atoms with Crippen LogP contribution in [0, 0.1) is 12.8 Å². The quantitative estimate of drug-likeness (QED) is 0.763. The predicted molar refractivity (Wildman–Crippen MR) is 84.3 cm³/mol. The van der Waals surface area contributed by atoms with E-state index in [0.29, 0.717) is 12.0 Å². The molecule has 4 heterocycles. The van der Waals surface area contributed by atoms with Crippen molar-refractivity contribution in [1.29, 1.82) is 0 Å². The first kappa shape index (κ1) is 12.9. The summed E-state index contributed by atoms with van der Waals surface area (Å²) in [6.07, 6.45) is 4.93. The lowest BCUT2D eigenvalue weighted by Crippen LogP contribution is -2.15. The highest BCUT2D eigenvalue weighted by atomic mass is 32.1. The van der Waals surface area contributed by atoms with Crippen molar-refractivity contribution in [3.63, 3.8) is 0 Å². The molecule has 1 fully saturated rings. The fraction of sp³-hybridized carbons (Fsp3) is 0.400. The average molecular weight is 299 g/mol. The van der Waals surface area contributed by atoms with Crippen LogP contribution in [0.15, 0.2) is 18.5 Å². The molecule has 0 aromatic carbocycles. The minimum absolute atomic E-state index is 0.295. The van der Waals surface area contributed by atoms with Crippen LogP contribution in [0.1, 0.15) is 30.9 Å². The number of H-pyrrole nitrogens is 1. The topological polar surface area (TPSA) is 66.5 Å². The Morgan fingerprint density at radius 2 is 2.24 bits per heavy atom. The van der Waals surface area contributed by atoms with Crippen molar-refractivity contribution in [1.82, 2.24) is 25.5 Å². The highest BCUT2D eigenvalue weighted by Crippen LogP contribution is 2.34. The second kappa shape index (κ2) is 4.89. The van der Waals surface area contributed by atoms with Gasteiger partial charge in [0.15, 0.2) is 0 Å². The van der Waals surface area contributed by atoms with Crippen LogP contribution in [0.5, 0.6) is 0 Å². The fourth-order valence-electron chi connectivity index (χ4n) is 2.86. The fourth-order valence-corrected chi connectivity index (χ4v) is 3.90. The molecule has 108 valence electrons. The molecule has 0 bridgehead atoms. The van der Waals surface area contributed by atoms with E-state index < -0.39 is 0 Å². The van der Waals surface area contributed by atoms with Crippen LogP contribution in [0.25, 0.3) is 20.7 Å². The number of aryl methyl sites for hydroxylation is 1. The maximum absolute atomic E-state index is 4.76. The molecular weight excluding hydrogens is 282 g/mol. The van der Waals surface area contributed by atoms with E-state index in [4.69, 9.17) is 4.98 Å². The van der Waals surface area contributed by atoms with E-state index in [1.165, 1.54) is 4.88 Å². The first-order chi connectivity index (χ1) is 10.2. The van der Waals surface area contributed by atoms with Gasteiger partial charge in [-0.1, -0.05) is 6.92 Å². The highest BCUT2D eigenvalue weighted by molar-refractivity contribution is 7.22. The van der Waals surface area contributed by atoms with Gasteiger partial charge in [-0.2, -0.15) is 5.10 Å². The summed E-state index contributed by atoms with van der Waals surface area (Å²) in [5.41, 5.74) is 3.26. The molecule has 0 spiro atoms. The number of aromatic amines is 1. The van der Waals surface area contributed by atoms with E-state index in [1.807, 2.05) is 19.3 Å². The summed E-state index contributed by atoms with van der Waals surface area (Å²) in [5, 5.41) is 10.6. The summed E-state index contributed by atoms with van der Waals surface area (Å²) in [6.45, 7) is 5.35. The zero-order chi connectivity index (χ0) is 14.4. The van der Waals surface area contributed by atoms with Crippen molar-refractivity contribution in [3.8, 4) is 10.4 Å². The highest BCUT2D eigenvalue weighted by Gasteiger charge is 2.24. The number of rotatable bonds is 2. The van der Waals surface area contributed by atoms with Crippen LogP contribution >= 0.6 is 11.3 Å². The van der Waals surface area contributed by atoms with Crippen molar-refractivity contribution < 1.29 is 0 Å². The number of aromatic nitrogens is 4. The van der Waals surface area contributed by atoms with Gasteiger partial charge < -0.3 is 5.32 Å². The summed E-state index contributed by atoms with van der Waals surface area (Å²) >= 11 is 1.72. The zero-order valence-electron chi connectivity index (χ0n) is 12.1. The van der Waals surface area contributed by atoms with Gasteiger partial charge in [-0.3, -0.25) is 5.10 Å². The second-order valence-corrected chi connectivity index (χ2v) is 6.88. The molecule has 0 aliphatic carbocycles. The molecule has 3 aromatic heterocycles. The molecule has 0 saturated carbocycles. The van der Waals surface area contributed by atoms with Crippen LogP contribution in [0.3, 0.4) is 0 Å². The van der Waals surface area contributed by atoms with Gasteiger partial charge in [-0.15, -0.1) is 11.3 Å². The van der Waals surface area contributed by atoms with Gasteiger partial charge in [-0.25, -0.2) is 9.97 Å². The standard InChI is InChI=1S/C15H17N5S/c1-8-3-12(16-5-8)15-17-7-14-11(19-15)4-13(21-14)10-6-18-20-9(10)2/h4,6-8,12,16H,3,5H2,1-2H3,(H,18,20)/t8-,12-/m0/s1. The molecule has 0 radical (unpaired) electrons. The van der Waals surface area contributed by atoms with Crippen molar-refractivity contribution >= 4 is 21.6 Å². The summed E-state index contributed by atoms with van der Waals surface area (Å²) < 4.78 is 1.13. The Bertz CT molecular complexity index is 790. The molecule has 1 saturated heterocycles. The number of nitrogens with one attached hydrogen (secondary N) is 2. The largest absolute Gasteiger partial charge is 0.307 e. The Kier molecular flexibility index (Phi) is 3.01. The van der Waals surface area contributed by atoms with Crippen LogP contribution < -0.4 is 5.32 Å². The number of nitrogens with zero attached hydrogens (tertiary/aromatic N) is 3. The first-order valence-corrected chi connectivity index (χ1v) is 8.02. The lowest BCUT2D eigenvalue weighted by atomic mass is 10.1. The van der Waals surface area contributed by atoms with E-state index in [0.717, 1.165) is 40.3 Å². The van der Waals surface area contributed by atoms with E-state index in [-0.39, 0.29) is 0 Å². The van der Waals surface area contributed by atoms with Gasteiger partial charge in [0.25, 0.3) is 0 Å². The van der Waals surface area contributed by atoms with Crippen molar-refractivity contribution in [2.75, 3.05) is 6.54 Å². The Balaban J connectivity index is 1.73. The summed E-state index contributed by atoms with van der Waals surface area (Å²) in [7, 11) is 0. The number of hydrogen-bond donors (Lipinski definition) is 2. The third-order valence-electron chi connectivity index (χ3n) is 4.05. The van der Waals surface area contributed by atoms with Gasteiger partial charge in [0.05, 0.1) is 22.5 Å². The van der Waals surface area contributed by atoms with E-state index >= 15 is 0 Å². The molecule has 2 N–H and O–H groups in total. The third kappa shape index (κ3) is 2.24. The average Bonchev–Trinajstić information content (AvgIpc) is 3.16. The van der Waals surface area contributed by atoms with Gasteiger partial charge in [0, 0.05) is 22.3 Å². The van der Waals surface area contributed by atoms with Gasteiger partial charge >= 0.3 is 0 Å². The molecule has 4 rings (SSSR count). The minimum atomic E-state index is 0.295. The monoisotopic (exact) mass is 299 g/mol. The molecule has 0 unspecified atom stereocenters. The SMILES string of the molecule is Cc1[nH]ncc1-c1cc2nc([C@@H]3C[C@H](C)CN3)ncc2s1. The van der Waals surface area contributed by atoms with E-state index in [2.05, 4.69) is 33.5 Å². The van der Waals surface area contributed by atoms with E-state index in [1.54, 1.807) is 11.3 Å². The van der Waals surface area contributed by atoms with Crippen molar-refractivity contribution in [3.05, 3.63) is 30.0 Å². The number of hydrogen-bond acceptors (Lipinski definition) is 5. The molecule has 6 heteroatoms. The molecule has 3 aromatic rings. The van der Waals surface area contributed by atoms with Gasteiger partial charge in [0.1, 0.15) is 5.82 Å². The van der Waals surface area contributed by atoms with Crippen LogP contribution in [0.2, 0.25) is 0 Å². The van der Waals surface area contributed by atoms with E-state index in [9.17, 15) is 0 Å². The minimum Gasteiger partial charge on any atom is -0.307 e. The summed E-state index contributed by atoms with van der Waals surface area (Å²) in [4.78, 5) is 10.5. The lowest BCUT2D eigenvalue weighted by Gasteiger charge is -2.07. The second-order valence-electron chi connectivity index (χ2n) is 5.80. The normalized spacial score (nSPS) is 22.2. The first-order valence-electron chi connectivity index (χ1n) is 7.21. The Labute approximate surface area is 126 Å². The molecular formula is C15H17N5S. The molecule has 0 amide bonds. The molecule has 5 nitrogen and oxygen atoms in total. The summed E-state index contributed by atoms with van der Waals surface area (Å²) in [6, 6.07) is 2.44. The molecule has 1 aliphatic rings. The van der Waals surface area contributed by atoms with Crippen molar-refractivity contribution in [2.24, 2.45) is 5.92 Å². The van der Waals surface area contributed by atoms with Crippen LogP contribution in [-0.4, -0.2) is 26.7 Å². The predicted octanol–water partition coefficient (Wildman–Crippen LogP) is 3.06. The maximum atomic E-state index is 4.76. The summed E-state index contributed by atoms with van der Waals surface area (Å²) in [5.74, 6) is 1.61. The van der Waals surface area contributed by atoms with Crippen LogP contribution in [0.4, 0.5) is 0 Å².